The number of fused-ring (bicyclic) bond motifs is 1. The fourth-order valence-electron chi connectivity index (χ4n) is 3.48. The third kappa shape index (κ3) is 4.53. The Hall–Kier alpha value is -2.35. The SMILES string of the molecule is Cc1ccccc1-n1c(SCC(=O)NCC2CCCO2)nc2cc(Cl)ccc2c1=O. The number of hydrogen-bond donors (Lipinski definition) is 1. The van der Waals surface area contributed by atoms with Gasteiger partial charge in [-0.3, -0.25) is 14.2 Å². The number of carbonyl (C=O) groups excluding carboxylic acids is 1. The van der Waals surface area contributed by atoms with Gasteiger partial charge in [0.25, 0.3) is 5.56 Å². The standard InChI is InChI=1S/C22H22ClN3O3S/c1-14-5-2-3-7-19(14)26-21(28)17-9-8-15(23)11-18(17)25-22(26)30-13-20(27)24-12-16-6-4-10-29-16/h2-3,5,7-9,11,16H,4,6,10,12-13H2,1H3,(H,24,27). The fraction of sp³-hybridized carbons (Fsp3) is 0.318. The van der Waals surface area contributed by atoms with Crippen LogP contribution >= 0.6 is 23.4 Å². The summed E-state index contributed by atoms with van der Waals surface area (Å²) in [6.07, 6.45) is 2.08. The van der Waals surface area contributed by atoms with Crippen LogP contribution in [0.2, 0.25) is 5.02 Å². The number of nitrogens with zero attached hydrogens (tertiary/aromatic N) is 2. The number of halogens is 1. The van der Waals surface area contributed by atoms with Crippen molar-refractivity contribution in [1.82, 2.24) is 14.9 Å². The maximum atomic E-state index is 13.3. The molecule has 1 N–H and O–H groups in total. The molecular formula is C22H22ClN3O3S. The third-order valence-corrected chi connectivity index (χ3v) is 6.21. The summed E-state index contributed by atoms with van der Waals surface area (Å²) in [6.45, 7) is 3.20. The quantitative estimate of drug-likeness (QED) is 0.464. The predicted molar refractivity (Wildman–Crippen MR) is 120 cm³/mol. The Morgan fingerprint density at radius 3 is 2.93 bits per heavy atom. The van der Waals surface area contributed by atoms with Gasteiger partial charge in [-0.2, -0.15) is 0 Å². The van der Waals surface area contributed by atoms with E-state index in [9.17, 15) is 9.59 Å². The minimum atomic E-state index is -0.187. The molecular weight excluding hydrogens is 422 g/mol. The molecule has 8 heteroatoms. The second kappa shape index (κ2) is 9.20. The molecule has 1 aliphatic rings. The molecule has 1 saturated heterocycles. The van der Waals surface area contributed by atoms with Crippen LogP contribution in [0, 0.1) is 6.92 Å². The lowest BCUT2D eigenvalue weighted by Crippen LogP contribution is -2.33. The van der Waals surface area contributed by atoms with E-state index >= 15 is 0 Å². The molecule has 156 valence electrons. The number of nitrogens with one attached hydrogen (secondary N) is 1. The molecule has 0 bridgehead atoms. The number of benzene rings is 2. The van der Waals surface area contributed by atoms with Gasteiger partial charge in [-0.25, -0.2) is 4.98 Å². The van der Waals surface area contributed by atoms with Crippen LogP contribution in [0.4, 0.5) is 0 Å². The van der Waals surface area contributed by atoms with Crippen LogP contribution < -0.4 is 10.9 Å². The molecule has 1 aliphatic heterocycles. The van der Waals surface area contributed by atoms with E-state index in [1.54, 1.807) is 22.8 Å². The monoisotopic (exact) mass is 443 g/mol. The van der Waals surface area contributed by atoms with Crippen LogP contribution in [0.15, 0.2) is 52.4 Å². The number of amides is 1. The first kappa shape index (κ1) is 20.9. The summed E-state index contributed by atoms with van der Waals surface area (Å²) >= 11 is 7.34. The highest BCUT2D eigenvalue weighted by atomic mass is 35.5. The van der Waals surface area contributed by atoms with E-state index in [-0.39, 0.29) is 23.3 Å². The van der Waals surface area contributed by atoms with E-state index in [1.807, 2.05) is 31.2 Å². The molecule has 3 aromatic rings. The van der Waals surface area contributed by atoms with Crippen LogP contribution in [0.1, 0.15) is 18.4 Å². The van der Waals surface area contributed by atoms with E-state index < -0.39 is 0 Å². The molecule has 1 fully saturated rings. The zero-order valence-corrected chi connectivity index (χ0v) is 18.1. The lowest BCUT2D eigenvalue weighted by molar-refractivity contribution is -0.119. The van der Waals surface area contributed by atoms with Crippen molar-refractivity contribution in [2.75, 3.05) is 18.9 Å². The number of carbonyl (C=O) groups is 1. The minimum absolute atomic E-state index is 0.0880. The summed E-state index contributed by atoms with van der Waals surface area (Å²) in [6, 6.07) is 12.7. The predicted octanol–water partition coefficient (Wildman–Crippen LogP) is 3.73. The summed E-state index contributed by atoms with van der Waals surface area (Å²) in [5.41, 5.74) is 2.02. The molecule has 1 atom stereocenters. The van der Waals surface area contributed by atoms with Crippen LogP contribution in [0.3, 0.4) is 0 Å². The molecule has 1 unspecified atom stereocenters. The second-order valence-electron chi connectivity index (χ2n) is 7.21. The topological polar surface area (TPSA) is 73.2 Å². The van der Waals surface area contributed by atoms with E-state index in [0.717, 1.165) is 30.7 Å². The highest BCUT2D eigenvalue weighted by Crippen LogP contribution is 2.24. The number of aromatic nitrogens is 2. The van der Waals surface area contributed by atoms with Crippen molar-refractivity contribution in [3.63, 3.8) is 0 Å². The molecule has 2 heterocycles. The van der Waals surface area contributed by atoms with E-state index in [4.69, 9.17) is 16.3 Å². The average molecular weight is 444 g/mol. The fourth-order valence-corrected chi connectivity index (χ4v) is 4.48. The Balaban J connectivity index is 1.65. The summed E-state index contributed by atoms with van der Waals surface area (Å²) in [4.78, 5) is 30.3. The summed E-state index contributed by atoms with van der Waals surface area (Å²) < 4.78 is 7.11. The van der Waals surface area contributed by atoms with Crippen molar-refractivity contribution in [3.8, 4) is 5.69 Å². The lowest BCUT2D eigenvalue weighted by atomic mass is 10.2. The molecule has 1 aromatic heterocycles. The van der Waals surface area contributed by atoms with Gasteiger partial charge < -0.3 is 10.1 Å². The van der Waals surface area contributed by atoms with Crippen molar-refractivity contribution < 1.29 is 9.53 Å². The molecule has 0 radical (unpaired) electrons. The molecule has 4 rings (SSSR count). The Labute approximate surface area is 183 Å². The third-order valence-electron chi connectivity index (χ3n) is 5.04. The summed E-state index contributed by atoms with van der Waals surface area (Å²) in [5, 5.41) is 4.35. The van der Waals surface area contributed by atoms with Crippen LogP contribution in [-0.4, -0.2) is 40.5 Å². The molecule has 1 amide bonds. The van der Waals surface area contributed by atoms with Gasteiger partial charge in [0.2, 0.25) is 5.91 Å². The first-order valence-electron chi connectivity index (χ1n) is 9.82. The molecule has 0 saturated carbocycles. The van der Waals surface area contributed by atoms with Crippen molar-refractivity contribution in [2.45, 2.75) is 31.0 Å². The van der Waals surface area contributed by atoms with Crippen LogP contribution in [-0.2, 0) is 9.53 Å². The van der Waals surface area contributed by atoms with E-state index in [2.05, 4.69) is 10.3 Å². The van der Waals surface area contributed by atoms with Crippen molar-refractivity contribution in [1.29, 1.82) is 0 Å². The van der Waals surface area contributed by atoms with Crippen molar-refractivity contribution >= 4 is 40.2 Å². The van der Waals surface area contributed by atoms with E-state index in [0.29, 0.717) is 27.6 Å². The molecule has 6 nitrogen and oxygen atoms in total. The van der Waals surface area contributed by atoms with Gasteiger partial charge in [-0.1, -0.05) is 41.6 Å². The van der Waals surface area contributed by atoms with Crippen molar-refractivity contribution in [2.24, 2.45) is 0 Å². The lowest BCUT2D eigenvalue weighted by Gasteiger charge is -2.15. The largest absolute Gasteiger partial charge is 0.376 e. The minimum Gasteiger partial charge on any atom is -0.376 e. The Bertz CT molecular complexity index is 1140. The normalized spacial score (nSPS) is 16.1. The van der Waals surface area contributed by atoms with Crippen molar-refractivity contribution in [3.05, 3.63) is 63.4 Å². The van der Waals surface area contributed by atoms with Gasteiger partial charge >= 0.3 is 0 Å². The van der Waals surface area contributed by atoms with Gasteiger partial charge in [0, 0.05) is 18.2 Å². The van der Waals surface area contributed by atoms with Gasteiger partial charge in [0.1, 0.15) is 0 Å². The zero-order chi connectivity index (χ0) is 21.1. The van der Waals surface area contributed by atoms with Gasteiger partial charge in [-0.15, -0.1) is 0 Å². The molecule has 0 spiro atoms. The maximum Gasteiger partial charge on any atom is 0.266 e. The number of thioether (sulfide) groups is 1. The average Bonchev–Trinajstić information content (AvgIpc) is 3.25. The highest BCUT2D eigenvalue weighted by molar-refractivity contribution is 7.99. The van der Waals surface area contributed by atoms with Gasteiger partial charge in [-0.05, 0) is 49.6 Å². The number of aryl methyl sites for hydroxylation is 1. The maximum absolute atomic E-state index is 13.3. The van der Waals surface area contributed by atoms with Gasteiger partial charge in [0.05, 0.1) is 28.4 Å². The zero-order valence-electron chi connectivity index (χ0n) is 16.6. The second-order valence-corrected chi connectivity index (χ2v) is 8.59. The first-order valence-corrected chi connectivity index (χ1v) is 11.2. The van der Waals surface area contributed by atoms with Crippen LogP contribution in [0.25, 0.3) is 16.6 Å². The Morgan fingerprint density at radius 1 is 1.33 bits per heavy atom. The number of hydrogen-bond acceptors (Lipinski definition) is 5. The number of para-hydroxylation sites is 1. The summed E-state index contributed by atoms with van der Waals surface area (Å²) in [5.74, 6) is 0.0316. The molecule has 30 heavy (non-hydrogen) atoms. The van der Waals surface area contributed by atoms with Crippen LogP contribution in [0.5, 0.6) is 0 Å². The first-order chi connectivity index (χ1) is 14.5. The Morgan fingerprint density at radius 2 is 2.17 bits per heavy atom. The number of ether oxygens (including phenoxy) is 1. The Kier molecular flexibility index (Phi) is 6.41. The smallest absolute Gasteiger partial charge is 0.266 e. The summed E-state index contributed by atoms with van der Waals surface area (Å²) in [7, 11) is 0. The van der Waals surface area contributed by atoms with E-state index in [1.165, 1.54) is 11.8 Å². The molecule has 0 aliphatic carbocycles. The number of rotatable bonds is 6. The highest BCUT2D eigenvalue weighted by Gasteiger charge is 2.18. The molecule has 2 aromatic carbocycles. The van der Waals surface area contributed by atoms with Gasteiger partial charge in [0.15, 0.2) is 5.16 Å².